The van der Waals surface area contributed by atoms with Gasteiger partial charge in [0.25, 0.3) is 0 Å². The van der Waals surface area contributed by atoms with Gasteiger partial charge in [-0.05, 0) is 193 Å². The van der Waals surface area contributed by atoms with Crippen LogP contribution in [-0.4, -0.2) is 20.5 Å². The largest absolute Gasteiger partial charge is 0.345 e. The van der Waals surface area contributed by atoms with Crippen molar-refractivity contribution in [2.45, 2.75) is 48.0 Å². The zero-order valence-electron chi connectivity index (χ0n) is 37.0. The zero-order valence-corrected chi connectivity index (χ0v) is 37.0. The molecule has 3 heteroatoms. The van der Waals surface area contributed by atoms with Crippen molar-refractivity contribution >= 4 is 89.9 Å². The van der Waals surface area contributed by atoms with Gasteiger partial charge < -0.3 is 4.90 Å². The van der Waals surface area contributed by atoms with Crippen LogP contribution in [0.5, 0.6) is 0 Å². The van der Waals surface area contributed by atoms with E-state index in [2.05, 4.69) is 187 Å². The highest BCUT2D eigenvalue weighted by molar-refractivity contribution is 7.02. The van der Waals surface area contributed by atoms with Gasteiger partial charge in [0.15, 0.2) is 0 Å². The van der Waals surface area contributed by atoms with Crippen LogP contribution in [0.3, 0.4) is 0 Å². The molecule has 14 rings (SSSR count). The summed E-state index contributed by atoms with van der Waals surface area (Å²) in [6.07, 6.45) is 0.967. The number of aryl methyl sites for hydroxylation is 6. The van der Waals surface area contributed by atoms with Crippen molar-refractivity contribution in [3.63, 3.8) is 0 Å². The SMILES string of the molecule is Cc1cc(C)c(-c2cc3c4c(cc5c(-c6c(C)cc(C)cc6C)cc6c7c(cc2c4c57)B2c4ccccc4N(C)c4cccc-6c42)B2c4ccccc4Cc4cccc-3c42)c(C)c1. The minimum absolute atomic E-state index is 0.102. The smallest absolute Gasteiger partial charge is 0.248 e. The summed E-state index contributed by atoms with van der Waals surface area (Å²) >= 11 is 0. The van der Waals surface area contributed by atoms with Gasteiger partial charge >= 0.3 is 0 Å². The van der Waals surface area contributed by atoms with E-state index in [4.69, 9.17) is 0 Å². The lowest BCUT2D eigenvalue weighted by atomic mass is 9.30. The summed E-state index contributed by atoms with van der Waals surface area (Å²) in [6, 6.07) is 52.9. The number of fused-ring (bicyclic) bond motifs is 8. The number of hydrogen-bond donors (Lipinski definition) is 0. The fourth-order valence-electron chi connectivity index (χ4n) is 13.8. The fourth-order valence-corrected chi connectivity index (χ4v) is 13.8. The van der Waals surface area contributed by atoms with Gasteiger partial charge in [-0.2, -0.15) is 0 Å². The van der Waals surface area contributed by atoms with Crippen molar-refractivity contribution in [2.24, 2.45) is 0 Å². The Morgan fingerprint density at radius 3 is 1.46 bits per heavy atom. The predicted molar refractivity (Wildman–Crippen MR) is 273 cm³/mol. The summed E-state index contributed by atoms with van der Waals surface area (Å²) in [4.78, 5) is 2.43. The molecule has 0 N–H and O–H groups in total. The van der Waals surface area contributed by atoms with E-state index in [0.717, 1.165) is 6.42 Å². The van der Waals surface area contributed by atoms with E-state index in [1.54, 1.807) is 0 Å². The number of anilines is 2. The summed E-state index contributed by atoms with van der Waals surface area (Å²) in [7, 11) is 2.26. The molecule has 0 unspecified atom stereocenters. The molecule has 0 aromatic heterocycles. The number of hydrogen-bond acceptors (Lipinski definition) is 1. The van der Waals surface area contributed by atoms with Crippen LogP contribution < -0.4 is 37.7 Å². The first-order chi connectivity index (χ1) is 30.7. The first kappa shape index (κ1) is 35.7. The van der Waals surface area contributed by atoms with Crippen molar-refractivity contribution in [3.8, 4) is 44.5 Å². The lowest BCUT2D eigenvalue weighted by Gasteiger charge is -2.40. The lowest BCUT2D eigenvalue weighted by molar-refractivity contribution is 1.21. The molecule has 0 bridgehead atoms. The molecule has 0 fully saturated rings. The molecular weight excluding hydrogens is 756 g/mol. The van der Waals surface area contributed by atoms with Crippen LogP contribution in [0.15, 0.2) is 133 Å². The normalized spacial score (nSPS) is 13.8. The van der Waals surface area contributed by atoms with Crippen molar-refractivity contribution < 1.29 is 0 Å². The summed E-state index contributed by atoms with van der Waals surface area (Å²) in [6.45, 7) is 14.1. The van der Waals surface area contributed by atoms with Crippen LogP contribution in [-0.2, 0) is 6.42 Å². The third kappa shape index (κ3) is 4.45. The summed E-state index contributed by atoms with van der Waals surface area (Å²) in [5, 5.41) is 8.47. The van der Waals surface area contributed by atoms with Gasteiger partial charge in [0.05, 0.1) is 0 Å². The Kier molecular flexibility index (Phi) is 6.92. The Balaban J connectivity index is 1.27. The van der Waals surface area contributed by atoms with E-state index in [1.807, 2.05) is 0 Å². The van der Waals surface area contributed by atoms with Crippen LogP contribution in [0.4, 0.5) is 11.4 Å². The highest BCUT2D eigenvalue weighted by atomic mass is 15.1. The van der Waals surface area contributed by atoms with Gasteiger partial charge in [-0.1, -0.05) is 142 Å². The summed E-state index contributed by atoms with van der Waals surface area (Å²) in [5.74, 6) is 0. The van der Waals surface area contributed by atoms with Gasteiger partial charge in [0.1, 0.15) is 0 Å². The third-order valence-electron chi connectivity index (χ3n) is 15.8. The molecule has 1 nitrogen and oxygen atoms in total. The number of rotatable bonds is 2. The van der Waals surface area contributed by atoms with Crippen molar-refractivity contribution in [2.75, 3.05) is 11.9 Å². The Morgan fingerprint density at radius 2 is 0.857 bits per heavy atom. The minimum atomic E-state index is 0.102. The second-order valence-corrected chi connectivity index (χ2v) is 19.5. The zero-order chi connectivity index (χ0) is 42.3. The molecule has 0 spiro atoms. The molecule has 296 valence electrons. The van der Waals surface area contributed by atoms with Gasteiger partial charge in [0.2, 0.25) is 13.4 Å². The molecular formula is C60H45B2N. The molecule has 4 heterocycles. The van der Waals surface area contributed by atoms with Crippen LogP contribution in [0, 0.1) is 41.5 Å². The Hall–Kier alpha value is -6.83. The average Bonchev–Trinajstić information content (AvgIpc) is 3.27. The van der Waals surface area contributed by atoms with E-state index in [9.17, 15) is 0 Å². The lowest BCUT2D eigenvalue weighted by Crippen LogP contribution is -2.60. The molecule has 0 radical (unpaired) electrons. The third-order valence-corrected chi connectivity index (χ3v) is 15.8. The fraction of sp³-hybridized carbons (Fsp3) is 0.133. The van der Waals surface area contributed by atoms with Crippen molar-refractivity contribution in [1.82, 2.24) is 0 Å². The maximum absolute atomic E-state index is 2.69. The maximum Gasteiger partial charge on any atom is 0.248 e. The molecule has 0 aliphatic carbocycles. The predicted octanol–water partition coefficient (Wildman–Crippen LogP) is 10.7. The molecule has 10 aromatic carbocycles. The maximum atomic E-state index is 2.69. The van der Waals surface area contributed by atoms with Crippen LogP contribution >= 0.6 is 0 Å². The number of para-hydroxylation sites is 1. The van der Waals surface area contributed by atoms with Crippen LogP contribution in [0.1, 0.15) is 44.5 Å². The molecule has 0 amide bonds. The quantitative estimate of drug-likeness (QED) is 0.124. The molecule has 4 aliphatic rings. The van der Waals surface area contributed by atoms with Gasteiger partial charge in [0, 0.05) is 18.4 Å². The Bertz CT molecular complexity index is 3710. The molecule has 0 saturated heterocycles. The monoisotopic (exact) mass is 801 g/mol. The van der Waals surface area contributed by atoms with Crippen molar-refractivity contribution in [1.29, 1.82) is 0 Å². The molecule has 63 heavy (non-hydrogen) atoms. The van der Waals surface area contributed by atoms with E-state index in [0.29, 0.717) is 0 Å². The Labute approximate surface area is 370 Å². The van der Waals surface area contributed by atoms with Gasteiger partial charge in [-0.15, -0.1) is 0 Å². The number of nitrogens with zero attached hydrogens (tertiary/aromatic N) is 1. The molecule has 4 aliphatic heterocycles. The molecule has 10 aromatic rings. The highest BCUT2D eigenvalue weighted by Gasteiger charge is 2.43. The Morgan fingerprint density at radius 1 is 0.381 bits per heavy atom. The van der Waals surface area contributed by atoms with E-state index < -0.39 is 0 Å². The van der Waals surface area contributed by atoms with Crippen molar-refractivity contribution in [3.05, 3.63) is 178 Å². The van der Waals surface area contributed by atoms with Crippen LogP contribution in [0.25, 0.3) is 76.8 Å². The molecule has 0 saturated carbocycles. The first-order valence-corrected chi connectivity index (χ1v) is 22.8. The first-order valence-electron chi connectivity index (χ1n) is 22.8. The number of benzene rings is 10. The van der Waals surface area contributed by atoms with E-state index >= 15 is 0 Å². The second-order valence-electron chi connectivity index (χ2n) is 19.5. The van der Waals surface area contributed by atoms with E-state index in [-0.39, 0.29) is 13.4 Å². The standard InChI is InChI=1S/C60H45B2N/c1-31-22-33(3)53(34(4)23-31)43-27-41-39-16-12-15-38-26-37-14-8-9-18-47(37)61(59(38)39)49-29-45-44(54-35(5)24-32(2)25-36(54)6)28-42-40-17-13-21-52-60(40)62(48-19-10-11-20-51(48)63(52)7)50-30-46(43)57(55(41)49)58(45)56(42)50/h8-25,27-30H,26H2,1-7H3. The minimum Gasteiger partial charge on any atom is -0.345 e. The summed E-state index contributed by atoms with van der Waals surface area (Å²) < 4.78 is 0. The van der Waals surface area contributed by atoms with Gasteiger partial charge in [-0.25, -0.2) is 0 Å². The highest BCUT2D eigenvalue weighted by Crippen LogP contribution is 2.51. The van der Waals surface area contributed by atoms with Gasteiger partial charge in [-0.3, -0.25) is 0 Å². The summed E-state index contributed by atoms with van der Waals surface area (Å²) in [5.41, 5.74) is 33.1. The topological polar surface area (TPSA) is 3.24 Å². The molecule has 0 atom stereocenters. The van der Waals surface area contributed by atoms with E-state index in [1.165, 1.54) is 165 Å². The second kappa shape index (κ2) is 12.2. The average molecular weight is 802 g/mol. The van der Waals surface area contributed by atoms with Crippen LogP contribution in [0.2, 0.25) is 0 Å².